The molecular formula is C29H40Cl2N4O9. The SMILES string of the molecule is C[C@H]1COc2c1c(OC(=O)NCCNCC(=O)O)c(OC(=O)NCCNCC(=O)O)c1c3c(ccc21)C(C)(C)CCC3.Cl.Cl. The van der Waals surface area contributed by atoms with Gasteiger partial charge in [-0.25, -0.2) is 9.59 Å². The molecule has 44 heavy (non-hydrogen) atoms. The topological polar surface area (TPSA) is 185 Å². The first-order valence-electron chi connectivity index (χ1n) is 14.0. The van der Waals surface area contributed by atoms with Crippen molar-refractivity contribution in [2.45, 2.75) is 51.4 Å². The summed E-state index contributed by atoms with van der Waals surface area (Å²) in [7, 11) is 0. The van der Waals surface area contributed by atoms with E-state index in [1.807, 2.05) is 13.0 Å². The highest BCUT2D eigenvalue weighted by Gasteiger charge is 2.37. The molecule has 244 valence electrons. The highest BCUT2D eigenvalue weighted by Crippen LogP contribution is 2.54. The number of nitrogens with one attached hydrogen (secondary N) is 4. The standard InChI is InChI=1S/C29H38N4O9.2ClH/c1-16-15-40-24-18-6-7-19-17(5-4-8-29(19,2)3)23(18)26(42-28(39)33-12-10-31-14-21(36)37)25(22(16)24)41-27(38)32-11-9-30-13-20(34)35;;/h6-7,16,30-31H,4-5,8-15H2,1-3H3,(H,32,38)(H,33,39)(H,34,35)(H,36,37);2*1H/t16-;;/m0../s1. The third-order valence-corrected chi connectivity index (χ3v) is 7.49. The van der Waals surface area contributed by atoms with E-state index in [0.717, 1.165) is 35.8 Å². The number of carbonyl (C=O) groups excluding carboxylic acids is 2. The second-order valence-electron chi connectivity index (χ2n) is 11.1. The van der Waals surface area contributed by atoms with Crippen molar-refractivity contribution in [2.24, 2.45) is 0 Å². The Morgan fingerprint density at radius 2 is 1.48 bits per heavy atom. The van der Waals surface area contributed by atoms with Crippen LogP contribution in [0.5, 0.6) is 17.2 Å². The van der Waals surface area contributed by atoms with Crippen molar-refractivity contribution in [3.05, 3.63) is 28.8 Å². The molecule has 2 aliphatic rings. The van der Waals surface area contributed by atoms with Gasteiger partial charge in [0, 0.05) is 48.4 Å². The molecule has 15 heteroatoms. The molecule has 1 aliphatic heterocycles. The number of rotatable bonds is 12. The van der Waals surface area contributed by atoms with Gasteiger partial charge < -0.3 is 45.7 Å². The van der Waals surface area contributed by atoms with E-state index in [1.54, 1.807) is 0 Å². The predicted molar refractivity (Wildman–Crippen MR) is 167 cm³/mol. The third kappa shape index (κ3) is 8.56. The maximum atomic E-state index is 13.0. The first kappa shape index (κ1) is 36.7. The van der Waals surface area contributed by atoms with Crippen LogP contribution in [0.2, 0.25) is 0 Å². The minimum atomic E-state index is -1.01. The van der Waals surface area contributed by atoms with Crippen LogP contribution in [0, 0.1) is 0 Å². The first-order valence-corrected chi connectivity index (χ1v) is 14.0. The van der Waals surface area contributed by atoms with E-state index in [9.17, 15) is 19.2 Å². The van der Waals surface area contributed by atoms with Crippen LogP contribution < -0.4 is 35.5 Å². The number of aliphatic carboxylic acids is 2. The van der Waals surface area contributed by atoms with Gasteiger partial charge in [0.25, 0.3) is 0 Å². The van der Waals surface area contributed by atoms with E-state index in [4.69, 9.17) is 24.4 Å². The fourth-order valence-corrected chi connectivity index (χ4v) is 5.56. The van der Waals surface area contributed by atoms with Gasteiger partial charge in [-0.2, -0.15) is 0 Å². The van der Waals surface area contributed by atoms with E-state index in [0.29, 0.717) is 23.3 Å². The summed E-state index contributed by atoms with van der Waals surface area (Å²) in [5.41, 5.74) is 2.62. The lowest BCUT2D eigenvalue weighted by Crippen LogP contribution is -2.36. The second-order valence-corrected chi connectivity index (χ2v) is 11.1. The van der Waals surface area contributed by atoms with Crippen LogP contribution in [-0.2, 0) is 21.4 Å². The summed E-state index contributed by atoms with van der Waals surface area (Å²) in [5.74, 6) is -1.39. The van der Waals surface area contributed by atoms with Crippen LogP contribution in [0.25, 0.3) is 10.8 Å². The molecule has 0 spiro atoms. The zero-order chi connectivity index (χ0) is 30.4. The number of benzene rings is 2. The monoisotopic (exact) mass is 658 g/mol. The van der Waals surface area contributed by atoms with Gasteiger partial charge in [-0.15, -0.1) is 24.8 Å². The third-order valence-electron chi connectivity index (χ3n) is 7.49. The summed E-state index contributed by atoms with van der Waals surface area (Å²) in [5, 5.41) is 29.6. The smallest absolute Gasteiger partial charge is 0.412 e. The summed E-state index contributed by atoms with van der Waals surface area (Å²) in [4.78, 5) is 47.5. The Bertz CT molecular complexity index is 1390. The van der Waals surface area contributed by atoms with Crippen LogP contribution >= 0.6 is 24.8 Å². The highest BCUT2D eigenvalue weighted by atomic mass is 35.5. The lowest BCUT2D eigenvalue weighted by atomic mass is 9.71. The zero-order valence-corrected chi connectivity index (χ0v) is 26.5. The average molecular weight is 660 g/mol. The molecule has 4 rings (SSSR count). The van der Waals surface area contributed by atoms with Crippen molar-refractivity contribution in [1.29, 1.82) is 0 Å². The fraction of sp³-hybridized carbons (Fsp3) is 0.517. The van der Waals surface area contributed by atoms with Crippen molar-refractivity contribution in [3.8, 4) is 17.2 Å². The normalized spacial score (nSPS) is 15.8. The average Bonchev–Trinajstić information content (AvgIpc) is 3.30. The maximum Gasteiger partial charge on any atom is 0.412 e. The molecule has 2 aromatic carbocycles. The first-order chi connectivity index (χ1) is 20.0. The summed E-state index contributed by atoms with van der Waals surface area (Å²) < 4.78 is 17.9. The molecule has 0 bridgehead atoms. The summed E-state index contributed by atoms with van der Waals surface area (Å²) >= 11 is 0. The molecule has 1 heterocycles. The molecule has 0 fully saturated rings. The molecule has 0 aromatic heterocycles. The molecule has 1 atom stereocenters. The molecule has 2 aromatic rings. The highest BCUT2D eigenvalue weighted by molar-refractivity contribution is 6.03. The van der Waals surface area contributed by atoms with E-state index in [1.165, 1.54) is 0 Å². The number of hydrogen-bond acceptors (Lipinski definition) is 9. The number of halogens is 2. The number of carboxylic acids is 2. The van der Waals surface area contributed by atoms with Gasteiger partial charge in [-0.05, 0) is 35.8 Å². The van der Waals surface area contributed by atoms with Crippen LogP contribution in [0.1, 0.15) is 56.2 Å². The molecular weight excluding hydrogens is 619 g/mol. The van der Waals surface area contributed by atoms with Crippen molar-refractivity contribution in [3.63, 3.8) is 0 Å². The van der Waals surface area contributed by atoms with E-state index in [-0.39, 0.29) is 86.9 Å². The van der Waals surface area contributed by atoms with Gasteiger partial charge in [0.2, 0.25) is 0 Å². The second kappa shape index (κ2) is 16.0. The van der Waals surface area contributed by atoms with E-state index >= 15 is 0 Å². The Labute approximate surface area is 267 Å². The van der Waals surface area contributed by atoms with Crippen molar-refractivity contribution in [1.82, 2.24) is 21.3 Å². The van der Waals surface area contributed by atoms with Crippen LogP contribution in [-0.4, -0.2) is 80.2 Å². The fourth-order valence-electron chi connectivity index (χ4n) is 5.56. The quantitative estimate of drug-likeness (QED) is 0.184. The van der Waals surface area contributed by atoms with Crippen LogP contribution in [0.15, 0.2) is 12.1 Å². The van der Waals surface area contributed by atoms with E-state index in [2.05, 4.69) is 41.2 Å². The predicted octanol–water partition coefficient (Wildman–Crippen LogP) is 3.32. The molecule has 1 aliphatic carbocycles. The Morgan fingerprint density at radius 3 is 2.05 bits per heavy atom. The van der Waals surface area contributed by atoms with Gasteiger partial charge in [-0.1, -0.05) is 32.9 Å². The number of fused-ring (bicyclic) bond motifs is 5. The largest absolute Gasteiger partial charge is 0.492 e. The summed E-state index contributed by atoms with van der Waals surface area (Å²) in [6, 6.07) is 4.06. The molecule has 0 saturated heterocycles. The van der Waals surface area contributed by atoms with Crippen molar-refractivity contribution < 1.29 is 43.6 Å². The lowest BCUT2D eigenvalue weighted by Gasteiger charge is -2.34. The summed E-state index contributed by atoms with van der Waals surface area (Å²) in [6.07, 6.45) is 1.08. The minimum absolute atomic E-state index is 0. The van der Waals surface area contributed by atoms with E-state index < -0.39 is 24.1 Å². The number of amides is 2. The minimum Gasteiger partial charge on any atom is -0.492 e. The lowest BCUT2D eigenvalue weighted by molar-refractivity contribution is -0.136. The Hall–Kier alpha value is -3.52. The van der Waals surface area contributed by atoms with Gasteiger partial charge in [-0.3, -0.25) is 9.59 Å². The van der Waals surface area contributed by atoms with Crippen molar-refractivity contribution >= 4 is 59.7 Å². The summed E-state index contributed by atoms with van der Waals surface area (Å²) in [6.45, 7) is 6.77. The van der Waals surface area contributed by atoms with Gasteiger partial charge in [0.15, 0.2) is 11.5 Å². The number of carboxylic acid groups (broad SMARTS) is 2. The molecule has 0 radical (unpaired) electrons. The number of carbonyl (C=O) groups is 4. The van der Waals surface area contributed by atoms with Crippen molar-refractivity contribution in [2.75, 3.05) is 45.9 Å². The number of ether oxygens (including phenoxy) is 3. The molecule has 0 saturated carbocycles. The van der Waals surface area contributed by atoms with Gasteiger partial charge >= 0.3 is 24.1 Å². The van der Waals surface area contributed by atoms with Gasteiger partial charge in [0.1, 0.15) is 5.75 Å². The maximum absolute atomic E-state index is 13.0. The molecule has 13 nitrogen and oxygen atoms in total. The Kier molecular flexibility index (Phi) is 13.3. The molecule has 2 amide bonds. The zero-order valence-electron chi connectivity index (χ0n) is 24.9. The van der Waals surface area contributed by atoms with Crippen LogP contribution in [0.3, 0.4) is 0 Å². The van der Waals surface area contributed by atoms with Crippen LogP contribution in [0.4, 0.5) is 9.59 Å². The number of hydrogen-bond donors (Lipinski definition) is 6. The van der Waals surface area contributed by atoms with Gasteiger partial charge in [0.05, 0.1) is 19.7 Å². The Morgan fingerprint density at radius 1 is 0.909 bits per heavy atom. The number of aryl methyl sites for hydroxylation is 1. The molecule has 6 N–H and O–H groups in total. The Balaban J connectivity index is 0.00000337. The molecule has 0 unspecified atom stereocenters.